The molecule has 0 bridgehead atoms. The first-order valence-electron chi connectivity index (χ1n) is 4.60. The van der Waals surface area contributed by atoms with Crippen molar-refractivity contribution in [3.63, 3.8) is 0 Å². The lowest BCUT2D eigenvalue weighted by Crippen LogP contribution is -2.36. The normalized spacial score (nSPS) is 19.3. The van der Waals surface area contributed by atoms with Crippen LogP contribution in [0.2, 0.25) is 0 Å². The predicted octanol–water partition coefficient (Wildman–Crippen LogP) is 0.0929. The van der Waals surface area contributed by atoms with Crippen molar-refractivity contribution in [2.24, 2.45) is 0 Å². The van der Waals surface area contributed by atoms with E-state index in [1.165, 1.54) is 0 Å². The zero-order valence-electron chi connectivity index (χ0n) is 8.34. The molecule has 1 aliphatic heterocycles. The molecule has 74 valence electrons. The van der Waals surface area contributed by atoms with Gasteiger partial charge >= 0.3 is 0 Å². The molecule has 0 aromatic carbocycles. The van der Waals surface area contributed by atoms with Crippen LogP contribution in [0.5, 0.6) is 0 Å². The van der Waals surface area contributed by atoms with Crippen molar-refractivity contribution in [1.29, 1.82) is 0 Å². The van der Waals surface area contributed by atoms with E-state index in [4.69, 9.17) is 4.74 Å². The maximum atomic E-state index is 9.33. The summed E-state index contributed by atoms with van der Waals surface area (Å²) < 4.78 is 5.21. The molecule has 0 aliphatic carbocycles. The van der Waals surface area contributed by atoms with Gasteiger partial charge in [-0.3, -0.25) is 4.90 Å². The van der Waals surface area contributed by atoms with Gasteiger partial charge in [0.25, 0.3) is 0 Å². The quantitative estimate of drug-likeness (QED) is 0.585. The van der Waals surface area contributed by atoms with Gasteiger partial charge in [0.1, 0.15) is 5.60 Å². The lowest BCUT2D eigenvalue weighted by Gasteiger charge is -2.24. The number of rotatable bonds is 1. The summed E-state index contributed by atoms with van der Waals surface area (Å²) >= 11 is 0. The summed E-state index contributed by atoms with van der Waals surface area (Å²) in [5, 5.41) is 9.33. The molecular formula is C10H17NO2. The molecule has 1 N–H and O–H groups in total. The van der Waals surface area contributed by atoms with E-state index >= 15 is 0 Å². The lowest BCUT2D eigenvalue weighted by molar-refractivity contribution is 0.0442. The van der Waals surface area contributed by atoms with Gasteiger partial charge in [-0.2, -0.15) is 0 Å². The third-order valence-electron chi connectivity index (χ3n) is 1.80. The number of nitrogens with zero attached hydrogens (tertiary/aromatic N) is 1. The van der Waals surface area contributed by atoms with Crippen LogP contribution >= 0.6 is 0 Å². The zero-order chi connectivity index (χ0) is 9.73. The Morgan fingerprint density at radius 2 is 2.00 bits per heavy atom. The van der Waals surface area contributed by atoms with Gasteiger partial charge in [-0.05, 0) is 13.8 Å². The van der Waals surface area contributed by atoms with Gasteiger partial charge in [0.15, 0.2) is 0 Å². The van der Waals surface area contributed by atoms with Crippen molar-refractivity contribution in [3.8, 4) is 11.8 Å². The standard InChI is InChI=1S/C10H17NO2/c1-10(2,12)4-3-5-11-6-8-13-9-7-11/h12H,5-9H2,1-2H3. The van der Waals surface area contributed by atoms with Crippen molar-refractivity contribution < 1.29 is 9.84 Å². The highest BCUT2D eigenvalue weighted by Gasteiger charge is 2.09. The summed E-state index contributed by atoms with van der Waals surface area (Å²) in [7, 11) is 0. The van der Waals surface area contributed by atoms with Crippen LogP contribution in [0.4, 0.5) is 0 Å². The molecule has 0 spiro atoms. The minimum atomic E-state index is -0.869. The summed E-state index contributed by atoms with van der Waals surface area (Å²) in [5.74, 6) is 5.76. The first kappa shape index (κ1) is 10.5. The van der Waals surface area contributed by atoms with Crippen molar-refractivity contribution in [2.45, 2.75) is 19.4 Å². The Bertz CT molecular complexity index is 203. The molecule has 1 fully saturated rings. The van der Waals surface area contributed by atoms with E-state index in [-0.39, 0.29) is 0 Å². The molecule has 0 amide bonds. The lowest BCUT2D eigenvalue weighted by atomic mass is 10.1. The Kier molecular flexibility index (Phi) is 3.73. The molecule has 1 aliphatic rings. The molecule has 0 saturated carbocycles. The first-order valence-corrected chi connectivity index (χ1v) is 4.60. The number of hydrogen-bond acceptors (Lipinski definition) is 3. The summed E-state index contributed by atoms with van der Waals surface area (Å²) in [4.78, 5) is 2.22. The van der Waals surface area contributed by atoms with Gasteiger partial charge in [0, 0.05) is 13.1 Å². The van der Waals surface area contributed by atoms with Crippen LogP contribution < -0.4 is 0 Å². The maximum absolute atomic E-state index is 9.33. The Labute approximate surface area is 79.7 Å². The smallest absolute Gasteiger partial charge is 0.120 e. The molecule has 0 radical (unpaired) electrons. The molecule has 0 aromatic heterocycles. The first-order chi connectivity index (χ1) is 6.08. The molecule has 13 heavy (non-hydrogen) atoms. The fourth-order valence-electron chi connectivity index (χ4n) is 1.13. The van der Waals surface area contributed by atoms with Crippen LogP contribution in [0.1, 0.15) is 13.8 Å². The largest absolute Gasteiger partial charge is 0.379 e. The van der Waals surface area contributed by atoms with E-state index < -0.39 is 5.60 Å². The monoisotopic (exact) mass is 183 g/mol. The average molecular weight is 183 g/mol. The highest BCUT2D eigenvalue weighted by Crippen LogP contribution is 1.98. The zero-order valence-corrected chi connectivity index (χ0v) is 8.34. The number of ether oxygens (including phenoxy) is 1. The number of morpholine rings is 1. The van der Waals surface area contributed by atoms with Gasteiger partial charge < -0.3 is 9.84 Å². The molecule has 1 saturated heterocycles. The molecule has 0 atom stereocenters. The molecule has 0 aromatic rings. The number of aliphatic hydroxyl groups is 1. The molecule has 3 heteroatoms. The third kappa shape index (κ3) is 4.89. The highest BCUT2D eigenvalue weighted by molar-refractivity contribution is 5.11. The van der Waals surface area contributed by atoms with Gasteiger partial charge in [-0.25, -0.2) is 0 Å². The van der Waals surface area contributed by atoms with Gasteiger partial charge in [0.05, 0.1) is 19.8 Å². The molecule has 1 rings (SSSR count). The topological polar surface area (TPSA) is 32.7 Å². The van der Waals surface area contributed by atoms with Crippen molar-refractivity contribution in [2.75, 3.05) is 32.8 Å². The van der Waals surface area contributed by atoms with Crippen LogP contribution in [-0.2, 0) is 4.74 Å². The second-order valence-electron chi connectivity index (χ2n) is 3.75. The SMILES string of the molecule is CC(C)(O)C#CCN1CCOCC1. The van der Waals surface area contributed by atoms with Gasteiger partial charge in [-0.15, -0.1) is 0 Å². The Morgan fingerprint density at radius 1 is 1.38 bits per heavy atom. The molecule has 3 nitrogen and oxygen atoms in total. The van der Waals surface area contributed by atoms with Crippen molar-refractivity contribution in [1.82, 2.24) is 4.90 Å². The van der Waals surface area contributed by atoms with E-state index in [2.05, 4.69) is 16.7 Å². The predicted molar refractivity (Wildman–Crippen MR) is 51.3 cm³/mol. The fourth-order valence-corrected chi connectivity index (χ4v) is 1.13. The van der Waals surface area contributed by atoms with Gasteiger partial charge in [0.2, 0.25) is 0 Å². The summed E-state index contributed by atoms with van der Waals surface area (Å²) in [6.07, 6.45) is 0. The Balaban J connectivity index is 2.27. The van der Waals surface area contributed by atoms with E-state index in [1.807, 2.05) is 0 Å². The minimum Gasteiger partial charge on any atom is -0.379 e. The van der Waals surface area contributed by atoms with Crippen molar-refractivity contribution >= 4 is 0 Å². The summed E-state index contributed by atoms with van der Waals surface area (Å²) in [5.41, 5.74) is -0.869. The fraction of sp³-hybridized carbons (Fsp3) is 0.800. The Hall–Kier alpha value is -0.560. The second kappa shape index (κ2) is 4.61. The van der Waals surface area contributed by atoms with Crippen LogP contribution in [0.25, 0.3) is 0 Å². The van der Waals surface area contributed by atoms with Gasteiger partial charge in [-0.1, -0.05) is 11.8 Å². The number of hydrogen-bond donors (Lipinski definition) is 1. The molecule has 1 heterocycles. The average Bonchev–Trinajstić information content (AvgIpc) is 2.04. The van der Waals surface area contributed by atoms with E-state index in [9.17, 15) is 5.11 Å². The van der Waals surface area contributed by atoms with E-state index in [1.54, 1.807) is 13.8 Å². The Morgan fingerprint density at radius 3 is 2.54 bits per heavy atom. The van der Waals surface area contributed by atoms with E-state index in [0.29, 0.717) is 0 Å². The molecular weight excluding hydrogens is 166 g/mol. The summed E-state index contributed by atoms with van der Waals surface area (Å²) in [6, 6.07) is 0. The van der Waals surface area contributed by atoms with Crippen LogP contribution in [0.15, 0.2) is 0 Å². The summed E-state index contributed by atoms with van der Waals surface area (Å²) in [6.45, 7) is 7.60. The highest BCUT2D eigenvalue weighted by atomic mass is 16.5. The maximum Gasteiger partial charge on any atom is 0.120 e. The van der Waals surface area contributed by atoms with Crippen LogP contribution in [0, 0.1) is 11.8 Å². The minimum absolute atomic E-state index is 0.730. The molecule has 0 unspecified atom stereocenters. The third-order valence-corrected chi connectivity index (χ3v) is 1.80. The van der Waals surface area contributed by atoms with Crippen LogP contribution in [-0.4, -0.2) is 48.5 Å². The van der Waals surface area contributed by atoms with Crippen LogP contribution in [0.3, 0.4) is 0 Å². The van der Waals surface area contributed by atoms with E-state index in [0.717, 1.165) is 32.8 Å². The van der Waals surface area contributed by atoms with Crippen molar-refractivity contribution in [3.05, 3.63) is 0 Å². The second-order valence-corrected chi connectivity index (χ2v) is 3.75.